The summed E-state index contributed by atoms with van der Waals surface area (Å²) >= 11 is 2.41. The maximum absolute atomic E-state index is 2.41. The molecular weight excluding hydrogens is 355 g/mol. The van der Waals surface area contributed by atoms with Gasteiger partial charge in [-0.05, 0) is 75.4 Å². The highest BCUT2D eigenvalue weighted by atomic mass is 127. The van der Waals surface area contributed by atoms with E-state index in [1.165, 1.54) is 25.8 Å². The molecule has 2 aromatic carbocycles. The third-order valence-electron chi connectivity index (χ3n) is 3.61. The second kappa shape index (κ2) is 5.96. The molecule has 100 valence electrons. The average molecular weight is 372 g/mol. The van der Waals surface area contributed by atoms with Crippen LogP contribution in [0, 0.1) is 9.49 Å². The van der Waals surface area contributed by atoms with E-state index in [-0.39, 0.29) is 0 Å². The van der Waals surface area contributed by atoms with Crippen LogP contribution in [0.15, 0.2) is 66.8 Å². The van der Waals surface area contributed by atoms with Crippen LogP contribution in [0.4, 0.5) is 0 Å². The maximum Gasteiger partial charge on any atom is 0.0142 e. The van der Waals surface area contributed by atoms with Crippen molar-refractivity contribution in [1.82, 2.24) is 0 Å². The van der Waals surface area contributed by atoms with Crippen molar-refractivity contribution in [2.75, 3.05) is 0 Å². The van der Waals surface area contributed by atoms with E-state index in [9.17, 15) is 0 Å². The van der Waals surface area contributed by atoms with Crippen LogP contribution in [0.2, 0.25) is 0 Å². The molecule has 1 aliphatic rings. The van der Waals surface area contributed by atoms with Gasteiger partial charge in [-0.3, -0.25) is 0 Å². The van der Waals surface area contributed by atoms with Crippen molar-refractivity contribution >= 4 is 28.2 Å². The van der Waals surface area contributed by atoms with Gasteiger partial charge in [-0.1, -0.05) is 55.5 Å². The average Bonchev–Trinajstić information content (AvgIpc) is 2.47. The summed E-state index contributed by atoms with van der Waals surface area (Å²) in [7, 11) is 0. The summed E-state index contributed by atoms with van der Waals surface area (Å²) in [4.78, 5) is 0. The van der Waals surface area contributed by atoms with Crippen LogP contribution in [0.1, 0.15) is 18.9 Å². The molecule has 0 radical (unpaired) electrons. The van der Waals surface area contributed by atoms with Crippen molar-refractivity contribution in [3.8, 4) is 11.1 Å². The van der Waals surface area contributed by atoms with Crippen molar-refractivity contribution in [1.29, 1.82) is 0 Å². The molecule has 2 aromatic rings. The van der Waals surface area contributed by atoms with E-state index >= 15 is 0 Å². The third kappa shape index (κ3) is 3.04. The predicted molar refractivity (Wildman–Crippen MR) is 95.5 cm³/mol. The Morgan fingerprint density at radius 2 is 1.70 bits per heavy atom. The van der Waals surface area contributed by atoms with Gasteiger partial charge in [0.25, 0.3) is 0 Å². The Bertz CT molecular complexity index is 665. The summed E-state index contributed by atoms with van der Waals surface area (Å²) in [6, 6.07) is 17.4. The van der Waals surface area contributed by atoms with Crippen LogP contribution in [-0.4, -0.2) is 0 Å². The van der Waals surface area contributed by atoms with Gasteiger partial charge >= 0.3 is 0 Å². The minimum atomic E-state index is 0.632. The second-order valence-corrected chi connectivity index (χ2v) is 6.58. The molecule has 0 amide bonds. The summed E-state index contributed by atoms with van der Waals surface area (Å²) < 4.78 is 1.28. The molecule has 0 saturated heterocycles. The number of halogens is 1. The van der Waals surface area contributed by atoms with Gasteiger partial charge in [0.1, 0.15) is 0 Å². The predicted octanol–water partition coefficient (Wildman–Crippen LogP) is 5.94. The Kier molecular flexibility index (Phi) is 4.06. The molecule has 0 saturated carbocycles. The molecule has 3 rings (SSSR count). The molecule has 0 aliphatic heterocycles. The van der Waals surface area contributed by atoms with E-state index < -0.39 is 0 Å². The monoisotopic (exact) mass is 372 g/mol. The van der Waals surface area contributed by atoms with Crippen molar-refractivity contribution in [2.24, 2.45) is 5.92 Å². The standard InChI is InChI=1S/C19H17I/c1-14-6-5-9-16(10-14)18-11-17(12-19(20)13-18)15-7-3-2-4-8-15/h2-5,7-14H,6H2,1H3. The molecule has 1 atom stereocenters. The Balaban J connectivity index is 2.06. The zero-order valence-corrected chi connectivity index (χ0v) is 13.7. The van der Waals surface area contributed by atoms with E-state index in [0.717, 1.165) is 6.42 Å². The highest BCUT2D eigenvalue weighted by Gasteiger charge is 2.08. The number of hydrogen-bond acceptors (Lipinski definition) is 0. The highest BCUT2D eigenvalue weighted by molar-refractivity contribution is 14.1. The van der Waals surface area contributed by atoms with E-state index in [2.05, 4.69) is 96.3 Å². The van der Waals surface area contributed by atoms with Crippen LogP contribution < -0.4 is 0 Å². The van der Waals surface area contributed by atoms with Gasteiger partial charge in [0.05, 0.1) is 0 Å². The Hall–Kier alpha value is -1.35. The molecule has 0 nitrogen and oxygen atoms in total. The zero-order valence-electron chi connectivity index (χ0n) is 11.5. The van der Waals surface area contributed by atoms with Crippen LogP contribution in [0.5, 0.6) is 0 Å². The fraction of sp³-hybridized carbons (Fsp3) is 0.158. The summed E-state index contributed by atoms with van der Waals surface area (Å²) in [5.74, 6) is 0.632. The molecule has 0 N–H and O–H groups in total. The first-order valence-corrected chi connectivity index (χ1v) is 8.05. The van der Waals surface area contributed by atoms with Crippen molar-refractivity contribution in [3.63, 3.8) is 0 Å². The van der Waals surface area contributed by atoms with Crippen molar-refractivity contribution in [3.05, 3.63) is 75.9 Å². The normalized spacial score (nSPS) is 17.9. The summed E-state index contributed by atoms with van der Waals surface area (Å²) in [6.07, 6.45) is 8.06. The molecule has 1 heteroatoms. The topological polar surface area (TPSA) is 0 Å². The molecule has 0 heterocycles. The number of benzene rings is 2. The van der Waals surface area contributed by atoms with Crippen molar-refractivity contribution < 1.29 is 0 Å². The van der Waals surface area contributed by atoms with Crippen LogP contribution in [-0.2, 0) is 0 Å². The lowest BCUT2D eigenvalue weighted by molar-refractivity contribution is 0.740. The lowest BCUT2D eigenvalue weighted by Crippen LogP contribution is -1.95. The smallest absolute Gasteiger partial charge is 0.0142 e. The second-order valence-electron chi connectivity index (χ2n) is 5.33. The fourth-order valence-electron chi connectivity index (χ4n) is 2.59. The summed E-state index contributed by atoms with van der Waals surface area (Å²) in [6.45, 7) is 2.27. The zero-order chi connectivity index (χ0) is 13.9. The van der Waals surface area contributed by atoms with E-state index in [0.29, 0.717) is 5.92 Å². The highest BCUT2D eigenvalue weighted by Crippen LogP contribution is 2.30. The number of hydrogen-bond donors (Lipinski definition) is 0. The maximum atomic E-state index is 2.41. The first kappa shape index (κ1) is 13.6. The summed E-state index contributed by atoms with van der Waals surface area (Å²) in [5, 5.41) is 0. The van der Waals surface area contributed by atoms with E-state index in [1.807, 2.05) is 0 Å². The summed E-state index contributed by atoms with van der Waals surface area (Å²) in [5.41, 5.74) is 5.23. The molecule has 0 fully saturated rings. The first-order chi connectivity index (χ1) is 9.72. The largest absolute Gasteiger partial charge is 0.0834 e. The first-order valence-electron chi connectivity index (χ1n) is 6.97. The fourth-order valence-corrected chi connectivity index (χ4v) is 3.26. The SMILES string of the molecule is CC1C=C(c2cc(I)cc(-c3ccccc3)c2)C=CC1. The van der Waals surface area contributed by atoms with Gasteiger partial charge in [0.15, 0.2) is 0 Å². The Morgan fingerprint density at radius 1 is 0.950 bits per heavy atom. The lowest BCUT2D eigenvalue weighted by atomic mass is 9.92. The number of allylic oxidation sites excluding steroid dienone is 4. The molecule has 0 spiro atoms. The van der Waals surface area contributed by atoms with Crippen LogP contribution in [0.3, 0.4) is 0 Å². The quantitative estimate of drug-likeness (QED) is 0.573. The van der Waals surface area contributed by atoms with Gasteiger partial charge in [-0.25, -0.2) is 0 Å². The molecule has 0 bridgehead atoms. The molecule has 20 heavy (non-hydrogen) atoms. The Labute approximate surface area is 134 Å². The Morgan fingerprint density at radius 3 is 2.45 bits per heavy atom. The molecule has 1 aliphatic carbocycles. The van der Waals surface area contributed by atoms with Gasteiger partial charge in [-0.15, -0.1) is 0 Å². The van der Waals surface area contributed by atoms with E-state index in [4.69, 9.17) is 0 Å². The van der Waals surface area contributed by atoms with Gasteiger partial charge in [-0.2, -0.15) is 0 Å². The number of rotatable bonds is 2. The van der Waals surface area contributed by atoms with Crippen LogP contribution >= 0.6 is 22.6 Å². The molecule has 1 unspecified atom stereocenters. The minimum absolute atomic E-state index is 0.632. The van der Waals surface area contributed by atoms with E-state index in [1.54, 1.807) is 0 Å². The van der Waals surface area contributed by atoms with Crippen LogP contribution in [0.25, 0.3) is 16.7 Å². The molecular formula is C19H17I. The lowest BCUT2D eigenvalue weighted by Gasteiger charge is -2.14. The van der Waals surface area contributed by atoms with Crippen molar-refractivity contribution in [2.45, 2.75) is 13.3 Å². The van der Waals surface area contributed by atoms with Gasteiger partial charge < -0.3 is 0 Å². The third-order valence-corrected chi connectivity index (χ3v) is 4.23. The minimum Gasteiger partial charge on any atom is -0.0834 e. The van der Waals surface area contributed by atoms with Gasteiger partial charge in [0.2, 0.25) is 0 Å². The molecule has 0 aromatic heterocycles. The van der Waals surface area contributed by atoms with Gasteiger partial charge in [0, 0.05) is 3.57 Å².